The van der Waals surface area contributed by atoms with E-state index in [1.807, 2.05) is 4.90 Å². The lowest BCUT2D eigenvalue weighted by molar-refractivity contribution is -0.139. The van der Waals surface area contributed by atoms with E-state index in [-0.39, 0.29) is 12.6 Å². The quantitative estimate of drug-likeness (QED) is 0.896. The van der Waals surface area contributed by atoms with E-state index in [1.165, 1.54) is 11.1 Å². The second-order valence-electron chi connectivity index (χ2n) is 7.04. The third kappa shape index (κ3) is 3.20. The van der Waals surface area contributed by atoms with Gasteiger partial charge in [-0.3, -0.25) is 4.90 Å². The Hall–Kier alpha value is -2.02. The molecular weight excluding hydrogens is 343 g/mol. The van der Waals surface area contributed by atoms with Gasteiger partial charge in [-0.15, -0.1) is 0 Å². The normalized spacial score (nSPS) is 20.1. The van der Waals surface area contributed by atoms with Crippen LogP contribution < -0.4 is 4.74 Å². The van der Waals surface area contributed by atoms with Crippen molar-refractivity contribution in [3.05, 3.63) is 46.5 Å². The van der Waals surface area contributed by atoms with Crippen LogP contribution in [0.5, 0.6) is 5.75 Å². The average molecular weight is 365 g/mol. The Morgan fingerprint density at radius 3 is 2.73 bits per heavy atom. The van der Waals surface area contributed by atoms with Gasteiger partial charge in [0, 0.05) is 30.8 Å². The molecule has 1 unspecified atom stereocenters. The van der Waals surface area contributed by atoms with Crippen LogP contribution in [0.4, 0.5) is 13.2 Å². The van der Waals surface area contributed by atoms with Crippen LogP contribution in [0, 0.1) is 0 Å². The van der Waals surface area contributed by atoms with Crippen LogP contribution in [-0.4, -0.2) is 41.2 Å². The molecule has 7 heteroatoms. The predicted molar refractivity (Wildman–Crippen MR) is 91.4 cm³/mol. The van der Waals surface area contributed by atoms with Gasteiger partial charge < -0.3 is 9.72 Å². The van der Waals surface area contributed by atoms with E-state index in [0.717, 1.165) is 42.0 Å². The van der Waals surface area contributed by atoms with Crippen LogP contribution in [0.25, 0.3) is 0 Å². The maximum atomic E-state index is 12.8. The van der Waals surface area contributed by atoms with Gasteiger partial charge in [-0.2, -0.15) is 13.2 Å². The molecule has 0 bridgehead atoms. The van der Waals surface area contributed by atoms with Crippen LogP contribution in [0.2, 0.25) is 0 Å². The van der Waals surface area contributed by atoms with Crippen molar-refractivity contribution >= 4 is 0 Å². The fraction of sp³-hybridized carbons (Fsp3) is 0.526. The molecule has 26 heavy (non-hydrogen) atoms. The summed E-state index contributed by atoms with van der Waals surface area (Å²) in [6.45, 7) is 0.525. The first-order valence-electron chi connectivity index (χ1n) is 8.99. The number of imidazole rings is 1. The molecule has 4 nitrogen and oxygen atoms in total. The van der Waals surface area contributed by atoms with Gasteiger partial charge in [0.1, 0.15) is 5.75 Å². The number of aryl methyl sites for hydroxylation is 2. The van der Waals surface area contributed by atoms with Gasteiger partial charge in [0.05, 0.1) is 31.6 Å². The number of rotatable bonds is 4. The standard InChI is InChI=1S/C19H22F3N3O/c1-26-16-10-13-4-2-3-12(13)9-14(16)18-17-15(23-11-24-17)5-7-25(18)8-6-19(20,21)22/h9-11,18H,2-8H2,1H3,(H,23,24). The zero-order valence-electron chi connectivity index (χ0n) is 14.7. The van der Waals surface area contributed by atoms with Crippen LogP contribution in [0.15, 0.2) is 18.5 Å². The summed E-state index contributed by atoms with van der Waals surface area (Å²) in [5.41, 5.74) is 5.29. The van der Waals surface area contributed by atoms with Crippen LogP contribution >= 0.6 is 0 Å². The molecule has 1 aromatic heterocycles. The van der Waals surface area contributed by atoms with E-state index in [2.05, 4.69) is 22.1 Å². The summed E-state index contributed by atoms with van der Waals surface area (Å²) in [5, 5.41) is 0. The highest BCUT2D eigenvalue weighted by atomic mass is 19.4. The number of benzene rings is 1. The highest BCUT2D eigenvalue weighted by Gasteiger charge is 2.36. The fourth-order valence-corrected chi connectivity index (χ4v) is 4.19. The Morgan fingerprint density at radius 1 is 1.23 bits per heavy atom. The molecule has 0 spiro atoms. The van der Waals surface area contributed by atoms with E-state index in [1.54, 1.807) is 13.4 Å². The van der Waals surface area contributed by atoms with Crippen LogP contribution in [0.3, 0.4) is 0 Å². The summed E-state index contributed by atoms with van der Waals surface area (Å²) in [7, 11) is 1.62. The van der Waals surface area contributed by atoms with E-state index < -0.39 is 12.6 Å². The van der Waals surface area contributed by atoms with Crippen molar-refractivity contribution in [1.29, 1.82) is 0 Å². The Morgan fingerprint density at radius 2 is 2.00 bits per heavy atom. The Bertz CT molecular complexity index is 800. The number of methoxy groups -OCH3 is 1. The first kappa shape index (κ1) is 17.4. The summed E-state index contributed by atoms with van der Waals surface area (Å²) < 4.78 is 44.1. The highest BCUT2D eigenvalue weighted by molar-refractivity contribution is 5.49. The first-order valence-corrected chi connectivity index (χ1v) is 8.99. The smallest absolute Gasteiger partial charge is 0.390 e. The molecule has 140 valence electrons. The van der Waals surface area contributed by atoms with Crippen molar-refractivity contribution in [2.75, 3.05) is 20.2 Å². The number of nitrogens with one attached hydrogen (secondary N) is 1. The Balaban J connectivity index is 1.75. The van der Waals surface area contributed by atoms with Gasteiger partial charge in [-0.05, 0) is 42.5 Å². The lowest BCUT2D eigenvalue weighted by Gasteiger charge is -2.36. The SMILES string of the molecule is COc1cc2c(cc1C1c3nc[nH]c3CCN1CCC(F)(F)F)CCC2. The van der Waals surface area contributed by atoms with Crippen LogP contribution in [0.1, 0.15) is 47.0 Å². The topological polar surface area (TPSA) is 41.1 Å². The number of aromatic amines is 1. The number of aromatic nitrogens is 2. The molecule has 0 fully saturated rings. The summed E-state index contributed by atoms with van der Waals surface area (Å²) in [5.74, 6) is 0.739. The molecular formula is C19H22F3N3O. The molecule has 1 aliphatic heterocycles. The summed E-state index contributed by atoms with van der Waals surface area (Å²) >= 11 is 0. The second-order valence-corrected chi connectivity index (χ2v) is 7.04. The summed E-state index contributed by atoms with van der Waals surface area (Å²) in [4.78, 5) is 9.47. The highest BCUT2D eigenvalue weighted by Crippen LogP contribution is 2.41. The minimum absolute atomic E-state index is 0.0410. The molecule has 2 aliphatic rings. The van der Waals surface area contributed by atoms with Crippen molar-refractivity contribution < 1.29 is 17.9 Å². The van der Waals surface area contributed by atoms with Crippen molar-refractivity contribution in [3.8, 4) is 5.75 Å². The third-order valence-corrected chi connectivity index (χ3v) is 5.45. The number of alkyl halides is 3. The lowest BCUT2D eigenvalue weighted by Crippen LogP contribution is -2.38. The zero-order chi connectivity index (χ0) is 18.3. The monoisotopic (exact) mass is 365 g/mol. The minimum atomic E-state index is -4.17. The maximum Gasteiger partial charge on any atom is 0.390 e. The number of H-pyrrole nitrogens is 1. The molecule has 2 aromatic rings. The molecule has 1 N–H and O–H groups in total. The van der Waals surface area contributed by atoms with Crippen LogP contribution in [-0.2, 0) is 19.3 Å². The first-order chi connectivity index (χ1) is 12.5. The van der Waals surface area contributed by atoms with Crippen molar-refractivity contribution in [1.82, 2.24) is 14.9 Å². The minimum Gasteiger partial charge on any atom is -0.496 e. The Kier molecular flexibility index (Phi) is 4.42. The van der Waals surface area contributed by atoms with E-state index in [0.29, 0.717) is 13.0 Å². The largest absolute Gasteiger partial charge is 0.496 e. The van der Waals surface area contributed by atoms with Crippen molar-refractivity contribution in [3.63, 3.8) is 0 Å². The molecule has 1 atom stereocenters. The number of fused-ring (bicyclic) bond motifs is 2. The van der Waals surface area contributed by atoms with Gasteiger partial charge in [0.2, 0.25) is 0 Å². The van der Waals surface area contributed by atoms with Crippen molar-refractivity contribution in [2.45, 2.75) is 44.3 Å². The van der Waals surface area contributed by atoms with Gasteiger partial charge in [0.15, 0.2) is 0 Å². The van der Waals surface area contributed by atoms with Gasteiger partial charge in [-0.1, -0.05) is 0 Å². The molecule has 0 saturated heterocycles. The molecule has 1 aliphatic carbocycles. The number of ether oxygens (including phenoxy) is 1. The fourth-order valence-electron chi connectivity index (χ4n) is 4.19. The van der Waals surface area contributed by atoms with Gasteiger partial charge in [0.25, 0.3) is 0 Å². The molecule has 2 heterocycles. The number of halogens is 3. The number of hydrogen-bond acceptors (Lipinski definition) is 3. The predicted octanol–water partition coefficient (Wildman–Crippen LogP) is 3.81. The van der Waals surface area contributed by atoms with Gasteiger partial charge in [-0.25, -0.2) is 4.98 Å². The summed E-state index contributed by atoms with van der Waals surface area (Å²) in [6, 6.07) is 3.87. The van der Waals surface area contributed by atoms with Gasteiger partial charge >= 0.3 is 6.18 Å². The lowest BCUT2D eigenvalue weighted by atomic mass is 9.92. The van der Waals surface area contributed by atoms with E-state index in [4.69, 9.17) is 4.74 Å². The number of nitrogens with zero attached hydrogens (tertiary/aromatic N) is 2. The average Bonchev–Trinajstić information content (AvgIpc) is 3.25. The molecule has 0 saturated carbocycles. The number of hydrogen-bond donors (Lipinski definition) is 1. The van der Waals surface area contributed by atoms with Crippen molar-refractivity contribution in [2.24, 2.45) is 0 Å². The molecule has 0 radical (unpaired) electrons. The molecule has 0 amide bonds. The van der Waals surface area contributed by atoms with E-state index >= 15 is 0 Å². The maximum absolute atomic E-state index is 12.8. The van der Waals surface area contributed by atoms with E-state index in [9.17, 15) is 13.2 Å². The molecule has 1 aromatic carbocycles. The molecule has 4 rings (SSSR count). The Labute approximate surface area is 150 Å². The second kappa shape index (κ2) is 6.61. The zero-order valence-corrected chi connectivity index (χ0v) is 14.7. The summed E-state index contributed by atoms with van der Waals surface area (Å²) in [6.07, 6.45) is 0.464. The third-order valence-electron chi connectivity index (χ3n) is 5.45.